The number of hydrogen-bond donors (Lipinski definition) is 2. The lowest BCUT2D eigenvalue weighted by Gasteiger charge is -2.10. The highest BCUT2D eigenvalue weighted by Gasteiger charge is 2.26. The topological polar surface area (TPSA) is 85.4 Å². The van der Waals surface area contributed by atoms with E-state index in [1.807, 2.05) is 0 Å². The Balaban J connectivity index is 3.45. The van der Waals surface area contributed by atoms with Crippen molar-refractivity contribution in [3.63, 3.8) is 0 Å². The average molecular weight is 218 g/mol. The van der Waals surface area contributed by atoms with Crippen LogP contribution >= 0.6 is 0 Å². The minimum atomic E-state index is -3.04. The van der Waals surface area contributed by atoms with Gasteiger partial charge in [-0.15, -0.1) is 0 Å². The first-order chi connectivity index (χ1) is 6.99. The van der Waals surface area contributed by atoms with Crippen LogP contribution in [0.1, 0.15) is 22.3 Å². The van der Waals surface area contributed by atoms with E-state index in [1.165, 1.54) is 0 Å². The molecule has 1 rings (SSSR count). The lowest BCUT2D eigenvalue weighted by atomic mass is 10.1. The van der Waals surface area contributed by atoms with Gasteiger partial charge in [-0.3, -0.25) is 0 Å². The van der Waals surface area contributed by atoms with E-state index in [9.17, 15) is 13.6 Å². The van der Waals surface area contributed by atoms with Crippen LogP contribution in [0, 0.1) is 0 Å². The molecule has 0 unspecified atom stereocenters. The van der Waals surface area contributed by atoms with Gasteiger partial charge in [0.25, 0.3) is 6.43 Å². The van der Waals surface area contributed by atoms with Crippen molar-refractivity contribution in [2.45, 2.75) is 6.43 Å². The number of carbonyl (C=O) groups is 1. The van der Waals surface area contributed by atoms with Crippen molar-refractivity contribution in [3.8, 4) is 5.75 Å². The molecule has 0 atom stereocenters. The molecule has 0 fully saturated rings. The number of halogens is 2. The largest absolute Gasteiger partial charge is 0.506 e. The molecule has 0 aromatic carbocycles. The number of pyridine rings is 1. The van der Waals surface area contributed by atoms with Crippen molar-refractivity contribution in [2.24, 2.45) is 0 Å². The number of esters is 1. The summed E-state index contributed by atoms with van der Waals surface area (Å²) in [5, 5.41) is 9.12. The molecule has 3 N–H and O–H groups in total. The summed E-state index contributed by atoms with van der Waals surface area (Å²) < 4.78 is 29.3. The third-order valence-electron chi connectivity index (χ3n) is 1.74. The number of alkyl halides is 2. The molecule has 0 bridgehead atoms. The first-order valence-electron chi connectivity index (χ1n) is 3.82. The minimum Gasteiger partial charge on any atom is -0.506 e. The Morgan fingerprint density at radius 1 is 1.67 bits per heavy atom. The molecule has 0 radical (unpaired) electrons. The van der Waals surface area contributed by atoms with Crippen molar-refractivity contribution in [1.29, 1.82) is 0 Å². The average Bonchev–Trinajstić information content (AvgIpc) is 2.19. The molecule has 1 aromatic heterocycles. The Bertz CT molecular complexity index is 396. The van der Waals surface area contributed by atoms with Gasteiger partial charge in [0.15, 0.2) is 0 Å². The number of carbonyl (C=O) groups excluding carboxylic acids is 1. The zero-order valence-corrected chi connectivity index (χ0v) is 7.70. The van der Waals surface area contributed by atoms with Crippen LogP contribution in [0.25, 0.3) is 0 Å². The van der Waals surface area contributed by atoms with Gasteiger partial charge in [-0.05, 0) is 0 Å². The second kappa shape index (κ2) is 4.07. The van der Waals surface area contributed by atoms with Crippen LogP contribution in [0.4, 0.5) is 14.6 Å². The first-order valence-corrected chi connectivity index (χ1v) is 3.82. The molecule has 0 aliphatic heterocycles. The lowest BCUT2D eigenvalue weighted by molar-refractivity contribution is 0.0588. The van der Waals surface area contributed by atoms with E-state index in [4.69, 9.17) is 10.8 Å². The maximum absolute atomic E-state index is 12.5. The Labute approximate surface area is 83.5 Å². The molecule has 1 heterocycles. The summed E-state index contributed by atoms with van der Waals surface area (Å²) in [6, 6.07) is 0. The van der Waals surface area contributed by atoms with E-state index < -0.39 is 35.1 Å². The zero-order valence-electron chi connectivity index (χ0n) is 7.70. The van der Waals surface area contributed by atoms with E-state index in [-0.39, 0.29) is 0 Å². The molecule has 0 spiro atoms. The minimum absolute atomic E-state index is 0.407. The van der Waals surface area contributed by atoms with Crippen LogP contribution in [-0.4, -0.2) is 23.2 Å². The Kier molecular flexibility index (Phi) is 3.03. The van der Waals surface area contributed by atoms with Gasteiger partial charge in [-0.2, -0.15) is 0 Å². The maximum Gasteiger partial charge on any atom is 0.342 e. The molecule has 0 saturated carbocycles. The fourth-order valence-electron chi connectivity index (χ4n) is 1.07. The van der Waals surface area contributed by atoms with E-state index in [1.54, 1.807) is 0 Å². The van der Waals surface area contributed by atoms with E-state index in [2.05, 4.69) is 9.72 Å². The van der Waals surface area contributed by atoms with E-state index >= 15 is 0 Å². The first kappa shape index (κ1) is 11.2. The number of ether oxygens (including phenoxy) is 1. The second-order valence-corrected chi connectivity index (χ2v) is 2.61. The molecule has 0 aliphatic rings. The van der Waals surface area contributed by atoms with Crippen molar-refractivity contribution >= 4 is 11.8 Å². The monoisotopic (exact) mass is 218 g/mol. The smallest absolute Gasteiger partial charge is 0.342 e. The number of methoxy groups -OCH3 is 1. The van der Waals surface area contributed by atoms with Crippen LogP contribution in [0.5, 0.6) is 5.75 Å². The number of aromatic hydroxyl groups is 1. The van der Waals surface area contributed by atoms with Crippen molar-refractivity contribution in [1.82, 2.24) is 4.98 Å². The Hall–Kier alpha value is -1.92. The highest BCUT2D eigenvalue weighted by atomic mass is 19.3. The van der Waals surface area contributed by atoms with Crippen LogP contribution in [0.3, 0.4) is 0 Å². The SMILES string of the molecule is COC(=O)c1c(N)ncc(O)c1C(F)F. The van der Waals surface area contributed by atoms with E-state index in [0.29, 0.717) is 0 Å². The van der Waals surface area contributed by atoms with Gasteiger partial charge >= 0.3 is 5.97 Å². The number of anilines is 1. The quantitative estimate of drug-likeness (QED) is 0.726. The maximum atomic E-state index is 12.5. The predicted octanol–water partition coefficient (Wildman–Crippen LogP) is 1.09. The predicted molar refractivity (Wildman–Crippen MR) is 46.6 cm³/mol. The molecule has 1 aromatic rings. The lowest BCUT2D eigenvalue weighted by Crippen LogP contribution is -2.11. The van der Waals surface area contributed by atoms with Gasteiger partial charge < -0.3 is 15.6 Å². The van der Waals surface area contributed by atoms with Crippen LogP contribution in [0.2, 0.25) is 0 Å². The summed E-state index contributed by atoms with van der Waals surface area (Å²) in [4.78, 5) is 14.5. The zero-order chi connectivity index (χ0) is 11.6. The molecule has 0 aliphatic carbocycles. The van der Waals surface area contributed by atoms with Crippen LogP contribution in [0.15, 0.2) is 6.20 Å². The highest BCUT2D eigenvalue weighted by Crippen LogP contribution is 2.33. The van der Waals surface area contributed by atoms with Crippen molar-refractivity contribution < 1.29 is 23.4 Å². The molecular formula is C8H8F2N2O3. The normalized spacial score (nSPS) is 10.4. The van der Waals surface area contributed by atoms with Gasteiger partial charge in [0.1, 0.15) is 17.1 Å². The fourth-order valence-corrected chi connectivity index (χ4v) is 1.07. The second-order valence-electron chi connectivity index (χ2n) is 2.61. The number of nitrogens with two attached hydrogens (primary N) is 1. The number of rotatable bonds is 2. The number of aromatic nitrogens is 1. The summed E-state index contributed by atoms with van der Waals surface area (Å²) in [5.74, 6) is -2.26. The van der Waals surface area contributed by atoms with E-state index in [0.717, 1.165) is 13.3 Å². The third-order valence-corrected chi connectivity index (χ3v) is 1.74. The van der Waals surface area contributed by atoms with Gasteiger partial charge in [-0.1, -0.05) is 0 Å². The van der Waals surface area contributed by atoms with Gasteiger partial charge in [0.05, 0.1) is 18.9 Å². The van der Waals surface area contributed by atoms with Crippen molar-refractivity contribution in [3.05, 3.63) is 17.3 Å². The molecular weight excluding hydrogens is 210 g/mol. The van der Waals surface area contributed by atoms with Crippen LogP contribution < -0.4 is 5.73 Å². The van der Waals surface area contributed by atoms with Crippen LogP contribution in [-0.2, 0) is 4.74 Å². The molecule has 7 heteroatoms. The van der Waals surface area contributed by atoms with Gasteiger partial charge in [0, 0.05) is 0 Å². The van der Waals surface area contributed by atoms with Gasteiger partial charge in [-0.25, -0.2) is 18.6 Å². The summed E-state index contributed by atoms with van der Waals surface area (Å²) >= 11 is 0. The molecule has 0 amide bonds. The summed E-state index contributed by atoms with van der Waals surface area (Å²) in [7, 11) is 1.01. The molecule has 15 heavy (non-hydrogen) atoms. The fraction of sp³-hybridized carbons (Fsp3) is 0.250. The standard InChI is InChI=1S/C8H8F2N2O3/c1-15-8(14)5-4(6(9)10)3(13)2-12-7(5)11/h2,6,13H,1H3,(H2,11,12). The summed E-state index contributed by atoms with van der Waals surface area (Å²) in [6.45, 7) is 0. The molecule has 5 nitrogen and oxygen atoms in total. The van der Waals surface area contributed by atoms with Gasteiger partial charge in [0.2, 0.25) is 0 Å². The number of nitrogens with zero attached hydrogens (tertiary/aromatic N) is 1. The number of hydrogen-bond acceptors (Lipinski definition) is 5. The molecule has 82 valence electrons. The Morgan fingerprint density at radius 2 is 2.27 bits per heavy atom. The number of nitrogen functional groups attached to an aromatic ring is 1. The highest BCUT2D eigenvalue weighted by molar-refractivity contribution is 5.96. The Morgan fingerprint density at radius 3 is 2.73 bits per heavy atom. The third kappa shape index (κ3) is 1.95. The summed E-state index contributed by atoms with van der Waals surface area (Å²) in [6.07, 6.45) is -2.28. The summed E-state index contributed by atoms with van der Waals surface area (Å²) in [5.41, 5.74) is 3.78. The molecule has 0 saturated heterocycles. The van der Waals surface area contributed by atoms with Crippen molar-refractivity contribution in [2.75, 3.05) is 12.8 Å².